The van der Waals surface area contributed by atoms with Crippen molar-refractivity contribution >= 4 is 11.8 Å². The van der Waals surface area contributed by atoms with Crippen LogP contribution in [0.5, 0.6) is 5.75 Å². The molecule has 2 amide bonds. The van der Waals surface area contributed by atoms with Crippen molar-refractivity contribution in [1.82, 2.24) is 9.80 Å². The van der Waals surface area contributed by atoms with Crippen LogP contribution < -0.4 is 4.74 Å². The molecule has 1 aliphatic rings. The van der Waals surface area contributed by atoms with Crippen LogP contribution in [0.15, 0.2) is 24.3 Å². The molecule has 1 saturated heterocycles. The largest absolute Gasteiger partial charge is 0.497 e. The van der Waals surface area contributed by atoms with Gasteiger partial charge in [-0.15, -0.1) is 0 Å². The predicted molar refractivity (Wildman–Crippen MR) is 93.8 cm³/mol. The van der Waals surface area contributed by atoms with Crippen molar-refractivity contribution in [2.24, 2.45) is 0 Å². The van der Waals surface area contributed by atoms with Crippen LogP contribution in [0, 0.1) is 0 Å². The number of hydrogen-bond acceptors (Lipinski definition) is 3. The zero-order valence-corrected chi connectivity index (χ0v) is 15.0. The number of nitrogens with zero attached hydrogens (tertiary/aromatic N) is 2. The average molecular weight is 332 g/mol. The molecule has 24 heavy (non-hydrogen) atoms. The summed E-state index contributed by atoms with van der Waals surface area (Å²) in [6.45, 7) is 3.30. The van der Waals surface area contributed by atoms with Gasteiger partial charge in [0.2, 0.25) is 11.8 Å². The molecule has 0 aromatic heterocycles. The highest BCUT2D eigenvalue weighted by molar-refractivity contribution is 5.79. The maximum absolute atomic E-state index is 12.5. The lowest BCUT2D eigenvalue weighted by Crippen LogP contribution is -2.36. The number of ether oxygens (including phenoxy) is 1. The quantitative estimate of drug-likeness (QED) is 0.804. The number of methoxy groups -OCH3 is 1. The van der Waals surface area contributed by atoms with Crippen molar-refractivity contribution in [3.8, 4) is 5.75 Å². The molecule has 0 radical (unpaired) electrons. The molecular weight excluding hydrogens is 304 g/mol. The third-order valence-electron chi connectivity index (χ3n) is 4.82. The Morgan fingerprint density at radius 2 is 2.12 bits per heavy atom. The van der Waals surface area contributed by atoms with Crippen molar-refractivity contribution in [3.05, 3.63) is 29.8 Å². The summed E-state index contributed by atoms with van der Waals surface area (Å²) in [6, 6.07) is 7.73. The second kappa shape index (κ2) is 8.71. The maximum atomic E-state index is 12.5. The van der Waals surface area contributed by atoms with Crippen LogP contribution in [0.25, 0.3) is 0 Å². The van der Waals surface area contributed by atoms with Gasteiger partial charge in [-0.05, 0) is 37.5 Å². The van der Waals surface area contributed by atoms with Crippen molar-refractivity contribution in [3.63, 3.8) is 0 Å². The van der Waals surface area contributed by atoms with Crippen LogP contribution >= 0.6 is 0 Å². The van der Waals surface area contributed by atoms with E-state index in [1.807, 2.05) is 43.1 Å². The fourth-order valence-electron chi connectivity index (χ4n) is 3.02. The van der Waals surface area contributed by atoms with E-state index in [0.29, 0.717) is 19.4 Å². The summed E-state index contributed by atoms with van der Waals surface area (Å²) in [5, 5.41) is 0. The molecule has 5 heteroatoms. The molecule has 0 spiro atoms. The van der Waals surface area contributed by atoms with E-state index in [4.69, 9.17) is 4.74 Å². The molecule has 1 aliphatic heterocycles. The van der Waals surface area contributed by atoms with Gasteiger partial charge >= 0.3 is 0 Å². The van der Waals surface area contributed by atoms with E-state index in [0.717, 1.165) is 37.1 Å². The first kappa shape index (κ1) is 18.3. The first-order valence-electron chi connectivity index (χ1n) is 8.70. The molecule has 1 aromatic rings. The fourth-order valence-corrected chi connectivity index (χ4v) is 3.02. The summed E-state index contributed by atoms with van der Waals surface area (Å²) in [4.78, 5) is 28.1. The van der Waals surface area contributed by atoms with Gasteiger partial charge in [-0.2, -0.15) is 0 Å². The topological polar surface area (TPSA) is 49.9 Å². The zero-order valence-electron chi connectivity index (χ0n) is 15.0. The number of carbonyl (C=O) groups is 2. The maximum Gasteiger partial charge on any atom is 0.224 e. The van der Waals surface area contributed by atoms with E-state index in [1.54, 1.807) is 12.0 Å². The summed E-state index contributed by atoms with van der Waals surface area (Å²) in [5.74, 6) is 1.03. The Balaban J connectivity index is 1.91. The Kier molecular flexibility index (Phi) is 6.64. The minimum Gasteiger partial charge on any atom is -0.497 e. The molecule has 132 valence electrons. The number of hydrogen-bond donors (Lipinski definition) is 0. The molecule has 1 heterocycles. The van der Waals surface area contributed by atoms with E-state index < -0.39 is 0 Å². The Hall–Kier alpha value is -2.04. The molecule has 1 fully saturated rings. The number of carbonyl (C=O) groups excluding carboxylic acids is 2. The normalized spacial score (nSPS) is 16.5. The third-order valence-corrected chi connectivity index (χ3v) is 4.82. The molecule has 0 N–H and O–H groups in total. The highest BCUT2D eigenvalue weighted by Crippen LogP contribution is 2.23. The number of amides is 2. The number of benzene rings is 1. The van der Waals surface area contributed by atoms with Gasteiger partial charge in [0.1, 0.15) is 5.75 Å². The summed E-state index contributed by atoms with van der Waals surface area (Å²) >= 11 is 0. The summed E-state index contributed by atoms with van der Waals surface area (Å²) in [6.07, 6.45) is 4.09. The predicted octanol–water partition coefficient (Wildman–Crippen LogP) is 3.01. The Bertz CT molecular complexity index is 573. The van der Waals surface area contributed by atoms with Crippen molar-refractivity contribution in [1.29, 1.82) is 0 Å². The van der Waals surface area contributed by atoms with Crippen molar-refractivity contribution < 1.29 is 14.3 Å². The second-order valence-electron chi connectivity index (χ2n) is 6.40. The SMILES string of the molecule is COc1cccc(C(C)N(C)C(=O)CCN2CCCCCC2=O)c1. The van der Waals surface area contributed by atoms with E-state index in [1.165, 1.54) is 0 Å². The summed E-state index contributed by atoms with van der Waals surface area (Å²) in [5.41, 5.74) is 1.04. The van der Waals surface area contributed by atoms with Gasteiger partial charge in [0.05, 0.1) is 13.2 Å². The molecule has 0 aliphatic carbocycles. The second-order valence-corrected chi connectivity index (χ2v) is 6.40. The lowest BCUT2D eigenvalue weighted by Gasteiger charge is -2.27. The van der Waals surface area contributed by atoms with Crippen LogP contribution in [0.3, 0.4) is 0 Å². The lowest BCUT2D eigenvalue weighted by molar-refractivity contribution is -0.134. The first-order chi connectivity index (χ1) is 11.5. The van der Waals surface area contributed by atoms with E-state index in [-0.39, 0.29) is 17.9 Å². The highest BCUT2D eigenvalue weighted by Gasteiger charge is 2.21. The van der Waals surface area contributed by atoms with E-state index >= 15 is 0 Å². The van der Waals surface area contributed by atoms with Gasteiger partial charge < -0.3 is 14.5 Å². The van der Waals surface area contributed by atoms with Gasteiger partial charge in [0, 0.05) is 33.0 Å². The van der Waals surface area contributed by atoms with Crippen LogP contribution in [-0.4, -0.2) is 48.9 Å². The van der Waals surface area contributed by atoms with E-state index in [9.17, 15) is 9.59 Å². The highest BCUT2D eigenvalue weighted by atomic mass is 16.5. The molecule has 0 saturated carbocycles. The average Bonchev–Trinajstić information content (AvgIpc) is 2.82. The smallest absolute Gasteiger partial charge is 0.224 e. The van der Waals surface area contributed by atoms with Gasteiger partial charge in [-0.1, -0.05) is 18.6 Å². The molecule has 1 atom stereocenters. The van der Waals surface area contributed by atoms with Crippen LogP contribution in [0.2, 0.25) is 0 Å². The van der Waals surface area contributed by atoms with Crippen LogP contribution in [0.1, 0.15) is 50.6 Å². The van der Waals surface area contributed by atoms with Gasteiger partial charge in [-0.3, -0.25) is 9.59 Å². The number of rotatable bonds is 6. The zero-order chi connectivity index (χ0) is 17.5. The molecule has 5 nitrogen and oxygen atoms in total. The van der Waals surface area contributed by atoms with Crippen LogP contribution in [-0.2, 0) is 9.59 Å². The Morgan fingerprint density at radius 1 is 1.33 bits per heavy atom. The Labute approximate surface area is 144 Å². The lowest BCUT2D eigenvalue weighted by atomic mass is 10.1. The molecule has 2 rings (SSSR count). The van der Waals surface area contributed by atoms with E-state index in [2.05, 4.69) is 0 Å². The Morgan fingerprint density at radius 3 is 2.88 bits per heavy atom. The first-order valence-corrected chi connectivity index (χ1v) is 8.70. The minimum atomic E-state index is -0.0348. The van der Waals surface area contributed by atoms with Crippen LogP contribution in [0.4, 0.5) is 0 Å². The van der Waals surface area contributed by atoms with Crippen molar-refractivity contribution in [2.75, 3.05) is 27.2 Å². The monoisotopic (exact) mass is 332 g/mol. The summed E-state index contributed by atoms with van der Waals surface area (Å²) in [7, 11) is 3.45. The fraction of sp³-hybridized carbons (Fsp3) is 0.579. The molecule has 1 unspecified atom stereocenters. The molecule has 0 bridgehead atoms. The minimum absolute atomic E-state index is 0.0348. The number of likely N-dealkylation sites (tertiary alicyclic amines) is 1. The van der Waals surface area contributed by atoms with Gasteiger partial charge in [0.15, 0.2) is 0 Å². The van der Waals surface area contributed by atoms with Crippen molar-refractivity contribution in [2.45, 2.75) is 45.1 Å². The molecular formula is C19H28N2O3. The third kappa shape index (κ3) is 4.73. The standard InChI is InChI=1S/C19H28N2O3/c1-15(16-8-7-9-17(14-16)24-3)20(2)18(22)11-13-21-12-6-4-5-10-19(21)23/h7-9,14-15H,4-6,10-13H2,1-3H3. The van der Waals surface area contributed by atoms with Gasteiger partial charge in [-0.25, -0.2) is 0 Å². The van der Waals surface area contributed by atoms with Gasteiger partial charge in [0.25, 0.3) is 0 Å². The summed E-state index contributed by atoms with van der Waals surface area (Å²) < 4.78 is 5.25. The molecule has 1 aromatic carbocycles.